The van der Waals surface area contributed by atoms with Crippen LogP contribution in [-0.4, -0.2) is 17.7 Å². The van der Waals surface area contributed by atoms with Crippen LogP contribution in [-0.2, 0) is 4.79 Å². The van der Waals surface area contributed by atoms with Crippen molar-refractivity contribution in [2.75, 3.05) is 6.61 Å². The summed E-state index contributed by atoms with van der Waals surface area (Å²) in [5.41, 5.74) is 0.814. The molecule has 0 amide bonds. The molecule has 0 aliphatic carbocycles. The van der Waals surface area contributed by atoms with Gasteiger partial charge in [0.05, 0.1) is 6.61 Å². The minimum absolute atomic E-state index is 0.690. The van der Waals surface area contributed by atoms with Gasteiger partial charge in [0.25, 0.3) is 0 Å². The Hall–Kier alpha value is -1.77. The predicted octanol–water partition coefficient (Wildman–Crippen LogP) is 6.86. The minimum atomic E-state index is -0.944. The number of rotatable bonds is 16. The molecule has 1 rings (SSSR count). The van der Waals surface area contributed by atoms with Crippen LogP contribution in [0.25, 0.3) is 6.08 Å². The van der Waals surface area contributed by atoms with Gasteiger partial charge in [-0.3, -0.25) is 0 Å². The van der Waals surface area contributed by atoms with E-state index in [1.165, 1.54) is 70.6 Å². The van der Waals surface area contributed by atoms with Crippen LogP contribution in [0.4, 0.5) is 0 Å². The number of para-hydroxylation sites is 1. The fraction of sp³-hybridized carbons (Fsp3) is 0.609. The Kier molecular flexibility index (Phi) is 13.3. The number of ether oxygens (including phenoxy) is 1. The first-order chi connectivity index (χ1) is 12.7. The van der Waals surface area contributed by atoms with Gasteiger partial charge in [-0.2, -0.15) is 0 Å². The van der Waals surface area contributed by atoms with Crippen molar-refractivity contribution in [3.05, 3.63) is 35.9 Å². The predicted molar refractivity (Wildman–Crippen MR) is 110 cm³/mol. The third-order valence-corrected chi connectivity index (χ3v) is 4.58. The molecule has 0 atom stereocenters. The summed E-state index contributed by atoms with van der Waals surface area (Å²) in [6.07, 6.45) is 18.7. The molecule has 0 unspecified atom stereocenters. The van der Waals surface area contributed by atoms with Crippen molar-refractivity contribution < 1.29 is 14.6 Å². The Morgan fingerprint density at radius 2 is 1.42 bits per heavy atom. The SMILES string of the molecule is CCCCCCCCCCCCCCOc1ccccc1C=CC(=O)O. The Labute approximate surface area is 159 Å². The van der Waals surface area contributed by atoms with Crippen molar-refractivity contribution in [1.29, 1.82) is 0 Å². The zero-order valence-corrected chi connectivity index (χ0v) is 16.4. The van der Waals surface area contributed by atoms with Crippen LogP contribution in [0.15, 0.2) is 30.3 Å². The van der Waals surface area contributed by atoms with Gasteiger partial charge in [0.15, 0.2) is 0 Å². The third kappa shape index (κ3) is 11.7. The molecule has 1 aromatic rings. The zero-order chi connectivity index (χ0) is 18.9. The molecule has 0 saturated carbocycles. The second kappa shape index (κ2) is 15.5. The summed E-state index contributed by atoms with van der Waals surface area (Å²) in [6.45, 7) is 2.95. The summed E-state index contributed by atoms with van der Waals surface area (Å²) in [5.74, 6) is -0.186. The lowest BCUT2D eigenvalue weighted by Gasteiger charge is -2.09. The normalized spacial score (nSPS) is 11.1. The van der Waals surface area contributed by atoms with E-state index in [2.05, 4.69) is 6.92 Å². The third-order valence-electron chi connectivity index (χ3n) is 4.58. The fourth-order valence-corrected chi connectivity index (χ4v) is 3.04. The standard InChI is InChI=1S/C23H36O3/c1-2-3-4-5-6-7-8-9-10-11-12-15-20-26-22-17-14-13-16-21(22)18-19-23(24)25/h13-14,16-19H,2-12,15,20H2,1H3,(H,24,25). The maximum atomic E-state index is 10.6. The Balaban J connectivity index is 2.02. The highest BCUT2D eigenvalue weighted by Crippen LogP contribution is 2.20. The second-order valence-corrected chi connectivity index (χ2v) is 6.95. The molecular formula is C23H36O3. The lowest BCUT2D eigenvalue weighted by atomic mass is 10.1. The molecular weight excluding hydrogens is 324 g/mol. The van der Waals surface area contributed by atoms with Gasteiger partial charge in [0, 0.05) is 11.6 Å². The van der Waals surface area contributed by atoms with E-state index in [4.69, 9.17) is 9.84 Å². The van der Waals surface area contributed by atoms with Gasteiger partial charge in [0.1, 0.15) is 5.75 Å². The number of carboxylic acids is 1. The van der Waals surface area contributed by atoms with Crippen LogP contribution in [0.3, 0.4) is 0 Å². The van der Waals surface area contributed by atoms with Gasteiger partial charge in [0.2, 0.25) is 0 Å². The summed E-state index contributed by atoms with van der Waals surface area (Å²) in [5, 5.41) is 8.74. The molecule has 1 N–H and O–H groups in total. The molecule has 0 aliphatic rings. The van der Waals surface area contributed by atoms with Gasteiger partial charge in [-0.05, 0) is 18.6 Å². The number of unbranched alkanes of at least 4 members (excludes halogenated alkanes) is 11. The lowest BCUT2D eigenvalue weighted by molar-refractivity contribution is -0.131. The lowest BCUT2D eigenvalue weighted by Crippen LogP contribution is -1.99. The van der Waals surface area contributed by atoms with E-state index in [0.717, 1.165) is 23.8 Å². The van der Waals surface area contributed by atoms with Crippen molar-refractivity contribution in [2.45, 2.75) is 84.0 Å². The molecule has 0 heterocycles. The number of aliphatic carboxylic acids is 1. The van der Waals surface area contributed by atoms with Gasteiger partial charge in [-0.15, -0.1) is 0 Å². The molecule has 3 heteroatoms. The number of hydrogen-bond donors (Lipinski definition) is 1. The van der Waals surface area contributed by atoms with E-state index in [9.17, 15) is 4.79 Å². The maximum Gasteiger partial charge on any atom is 0.328 e. The molecule has 0 aromatic heterocycles. The van der Waals surface area contributed by atoms with Gasteiger partial charge < -0.3 is 9.84 Å². The monoisotopic (exact) mass is 360 g/mol. The molecule has 0 aliphatic heterocycles. The molecule has 26 heavy (non-hydrogen) atoms. The van der Waals surface area contributed by atoms with Crippen molar-refractivity contribution in [2.24, 2.45) is 0 Å². The van der Waals surface area contributed by atoms with E-state index >= 15 is 0 Å². The number of hydrogen-bond acceptors (Lipinski definition) is 2. The molecule has 1 aromatic carbocycles. The molecule has 0 radical (unpaired) electrons. The smallest absolute Gasteiger partial charge is 0.328 e. The van der Waals surface area contributed by atoms with E-state index in [1.807, 2.05) is 24.3 Å². The summed E-state index contributed by atoms with van der Waals surface area (Å²) in [4.78, 5) is 10.6. The topological polar surface area (TPSA) is 46.5 Å². The number of carboxylic acid groups (broad SMARTS) is 1. The molecule has 3 nitrogen and oxygen atoms in total. The van der Waals surface area contributed by atoms with Crippen molar-refractivity contribution in [3.63, 3.8) is 0 Å². The van der Waals surface area contributed by atoms with Crippen LogP contribution in [0.5, 0.6) is 5.75 Å². The molecule has 146 valence electrons. The largest absolute Gasteiger partial charge is 0.493 e. The van der Waals surface area contributed by atoms with Gasteiger partial charge in [-0.1, -0.05) is 95.8 Å². The first-order valence-corrected chi connectivity index (χ1v) is 10.4. The van der Waals surface area contributed by atoms with Crippen LogP contribution < -0.4 is 4.74 Å². The minimum Gasteiger partial charge on any atom is -0.493 e. The second-order valence-electron chi connectivity index (χ2n) is 6.95. The first-order valence-electron chi connectivity index (χ1n) is 10.4. The summed E-state index contributed by atoms with van der Waals surface area (Å²) >= 11 is 0. The van der Waals surface area contributed by atoms with Crippen LogP contribution in [0.2, 0.25) is 0 Å². The first kappa shape index (κ1) is 22.3. The highest BCUT2D eigenvalue weighted by atomic mass is 16.5. The van der Waals surface area contributed by atoms with Gasteiger partial charge in [-0.25, -0.2) is 4.79 Å². The van der Waals surface area contributed by atoms with Crippen molar-refractivity contribution in [3.8, 4) is 5.75 Å². The highest BCUT2D eigenvalue weighted by molar-refractivity contribution is 5.85. The Morgan fingerprint density at radius 3 is 2.00 bits per heavy atom. The molecule has 0 fully saturated rings. The highest BCUT2D eigenvalue weighted by Gasteiger charge is 2.00. The average Bonchev–Trinajstić information content (AvgIpc) is 2.64. The fourth-order valence-electron chi connectivity index (χ4n) is 3.04. The molecule has 0 bridgehead atoms. The number of carbonyl (C=O) groups is 1. The Morgan fingerprint density at radius 1 is 0.885 bits per heavy atom. The molecule has 0 spiro atoms. The Bertz CT molecular complexity index is 508. The van der Waals surface area contributed by atoms with Gasteiger partial charge >= 0.3 is 5.97 Å². The quantitative estimate of drug-likeness (QED) is 0.258. The van der Waals surface area contributed by atoms with E-state index in [-0.39, 0.29) is 0 Å². The summed E-state index contributed by atoms with van der Waals surface area (Å²) < 4.78 is 5.82. The van der Waals surface area contributed by atoms with Crippen LogP contribution in [0, 0.1) is 0 Å². The summed E-state index contributed by atoms with van der Waals surface area (Å²) in [7, 11) is 0. The van der Waals surface area contributed by atoms with E-state index < -0.39 is 5.97 Å². The van der Waals surface area contributed by atoms with Crippen molar-refractivity contribution >= 4 is 12.0 Å². The van der Waals surface area contributed by atoms with Crippen LogP contribution >= 0.6 is 0 Å². The van der Waals surface area contributed by atoms with Crippen LogP contribution in [0.1, 0.15) is 89.5 Å². The maximum absolute atomic E-state index is 10.6. The van der Waals surface area contributed by atoms with E-state index in [0.29, 0.717) is 6.61 Å². The number of benzene rings is 1. The average molecular weight is 361 g/mol. The zero-order valence-electron chi connectivity index (χ0n) is 16.4. The molecule has 0 saturated heterocycles. The van der Waals surface area contributed by atoms with Crippen molar-refractivity contribution in [1.82, 2.24) is 0 Å². The summed E-state index contributed by atoms with van der Waals surface area (Å²) in [6, 6.07) is 7.56. The van der Waals surface area contributed by atoms with E-state index in [1.54, 1.807) is 6.08 Å².